The van der Waals surface area contributed by atoms with Gasteiger partial charge in [-0.05, 0) is 17.0 Å². The van der Waals surface area contributed by atoms with Gasteiger partial charge in [0, 0.05) is 31.0 Å². The van der Waals surface area contributed by atoms with E-state index in [0.717, 1.165) is 5.56 Å². The molecule has 1 amide bonds. The molecule has 5 heteroatoms. The molecule has 88 valence electrons. The number of carbonyl (C=O) groups excluding carboxylic acids is 1. The topological polar surface area (TPSA) is 69.1 Å². The number of nitrogens with zero attached hydrogens (tertiary/aromatic N) is 4. The largest absolute Gasteiger partial charge is 0.338 e. The summed E-state index contributed by atoms with van der Waals surface area (Å²) in [6.45, 7) is 1.74. The summed E-state index contributed by atoms with van der Waals surface area (Å²) in [5.74, 6) is 0.314. The number of hydrogen-bond acceptors (Lipinski definition) is 2. The molecule has 1 aromatic rings. The molecular formula is C12H14N4O. The lowest BCUT2D eigenvalue weighted by molar-refractivity contribution is -0.128. The van der Waals surface area contributed by atoms with Crippen molar-refractivity contribution in [2.24, 2.45) is 11.0 Å². The van der Waals surface area contributed by atoms with E-state index < -0.39 is 0 Å². The highest BCUT2D eigenvalue weighted by atomic mass is 16.2. The minimum absolute atomic E-state index is 0.145. The van der Waals surface area contributed by atoms with E-state index in [1.807, 2.05) is 35.2 Å². The van der Waals surface area contributed by atoms with E-state index in [1.165, 1.54) is 0 Å². The van der Waals surface area contributed by atoms with E-state index in [-0.39, 0.29) is 11.8 Å². The third kappa shape index (κ3) is 2.98. The molecule has 0 aliphatic carbocycles. The maximum atomic E-state index is 11.7. The van der Waals surface area contributed by atoms with E-state index in [4.69, 9.17) is 5.53 Å². The summed E-state index contributed by atoms with van der Waals surface area (Å²) in [4.78, 5) is 16.3. The molecule has 1 aliphatic rings. The number of likely N-dealkylation sites (tertiary alicyclic amines) is 1. The van der Waals surface area contributed by atoms with Crippen molar-refractivity contribution in [3.8, 4) is 0 Å². The number of benzene rings is 1. The Labute approximate surface area is 99.7 Å². The molecule has 0 spiro atoms. The number of rotatable bonds is 4. The van der Waals surface area contributed by atoms with Crippen molar-refractivity contribution >= 4 is 5.91 Å². The van der Waals surface area contributed by atoms with Crippen LogP contribution in [0.1, 0.15) is 12.0 Å². The fourth-order valence-electron chi connectivity index (χ4n) is 2.08. The summed E-state index contributed by atoms with van der Waals surface area (Å²) in [6, 6.07) is 9.91. The summed E-state index contributed by atoms with van der Waals surface area (Å²) >= 11 is 0. The normalized spacial score (nSPS) is 19.2. The Morgan fingerprint density at radius 1 is 1.41 bits per heavy atom. The van der Waals surface area contributed by atoms with Crippen LogP contribution in [0.25, 0.3) is 10.4 Å². The van der Waals surface area contributed by atoms with Gasteiger partial charge in [-0.25, -0.2) is 0 Å². The second-order valence-electron chi connectivity index (χ2n) is 4.24. The first kappa shape index (κ1) is 11.5. The SMILES string of the molecule is [N-]=[N+]=NC[C@H]1CC(=O)N(Cc2ccccc2)C1. The van der Waals surface area contributed by atoms with Crippen LogP contribution >= 0.6 is 0 Å². The van der Waals surface area contributed by atoms with Gasteiger partial charge in [0.15, 0.2) is 0 Å². The number of hydrogen-bond donors (Lipinski definition) is 0. The summed E-state index contributed by atoms with van der Waals surface area (Å²) in [5, 5.41) is 3.53. The smallest absolute Gasteiger partial charge is 0.223 e. The van der Waals surface area contributed by atoms with Crippen LogP contribution in [0.2, 0.25) is 0 Å². The highest BCUT2D eigenvalue weighted by molar-refractivity contribution is 5.78. The molecule has 1 fully saturated rings. The van der Waals surface area contributed by atoms with Crippen LogP contribution in [0.4, 0.5) is 0 Å². The highest BCUT2D eigenvalue weighted by Gasteiger charge is 2.28. The van der Waals surface area contributed by atoms with Gasteiger partial charge in [0.25, 0.3) is 0 Å². The maximum absolute atomic E-state index is 11.7. The predicted octanol–water partition coefficient (Wildman–Crippen LogP) is 2.35. The Hall–Kier alpha value is -2.00. The van der Waals surface area contributed by atoms with Crippen molar-refractivity contribution in [3.05, 3.63) is 46.3 Å². The minimum Gasteiger partial charge on any atom is -0.338 e. The van der Waals surface area contributed by atoms with E-state index in [9.17, 15) is 4.79 Å². The van der Waals surface area contributed by atoms with Crippen molar-refractivity contribution in [1.29, 1.82) is 0 Å². The Balaban J connectivity index is 1.94. The van der Waals surface area contributed by atoms with Crippen molar-refractivity contribution in [1.82, 2.24) is 4.90 Å². The van der Waals surface area contributed by atoms with Gasteiger partial charge < -0.3 is 4.90 Å². The molecule has 0 N–H and O–H groups in total. The summed E-state index contributed by atoms with van der Waals surface area (Å²) in [5.41, 5.74) is 9.38. The predicted molar refractivity (Wildman–Crippen MR) is 64.0 cm³/mol. The zero-order valence-corrected chi connectivity index (χ0v) is 9.49. The highest BCUT2D eigenvalue weighted by Crippen LogP contribution is 2.20. The molecule has 0 saturated carbocycles. The number of amides is 1. The van der Waals surface area contributed by atoms with Gasteiger partial charge >= 0.3 is 0 Å². The van der Waals surface area contributed by atoms with Crippen molar-refractivity contribution in [2.45, 2.75) is 13.0 Å². The average molecular weight is 230 g/mol. The van der Waals surface area contributed by atoms with Gasteiger partial charge in [-0.1, -0.05) is 35.4 Å². The lowest BCUT2D eigenvalue weighted by Gasteiger charge is -2.16. The molecule has 0 radical (unpaired) electrons. The zero-order chi connectivity index (χ0) is 12.1. The van der Waals surface area contributed by atoms with Gasteiger partial charge in [0.05, 0.1) is 0 Å². The third-order valence-electron chi connectivity index (χ3n) is 2.91. The second-order valence-corrected chi connectivity index (χ2v) is 4.24. The molecule has 1 heterocycles. The molecule has 5 nitrogen and oxygen atoms in total. The van der Waals surface area contributed by atoms with Gasteiger partial charge in [-0.2, -0.15) is 0 Å². The monoisotopic (exact) mass is 230 g/mol. The van der Waals surface area contributed by atoms with Gasteiger partial charge in [-0.15, -0.1) is 0 Å². The lowest BCUT2D eigenvalue weighted by atomic mass is 10.1. The summed E-state index contributed by atoms with van der Waals surface area (Å²) in [6.07, 6.45) is 0.492. The van der Waals surface area contributed by atoms with Crippen LogP contribution in [0.3, 0.4) is 0 Å². The van der Waals surface area contributed by atoms with Crippen molar-refractivity contribution in [2.75, 3.05) is 13.1 Å². The second kappa shape index (κ2) is 5.37. The average Bonchev–Trinajstić information content (AvgIpc) is 2.69. The van der Waals surface area contributed by atoms with E-state index >= 15 is 0 Å². The van der Waals surface area contributed by atoms with Gasteiger partial charge in [0.1, 0.15) is 0 Å². The Morgan fingerprint density at radius 3 is 2.88 bits per heavy atom. The molecule has 17 heavy (non-hydrogen) atoms. The third-order valence-corrected chi connectivity index (χ3v) is 2.91. The fraction of sp³-hybridized carbons (Fsp3) is 0.417. The molecule has 2 rings (SSSR count). The Morgan fingerprint density at radius 2 is 2.18 bits per heavy atom. The quantitative estimate of drug-likeness (QED) is 0.444. The van der Waals surface area contributed by atoms with E-state index in [0.29, 0.717) is 26.1 Å². The summed E-state index contributed by atoms with van der Waals surface area (Å²) in [7, 11) is 0. The van der Waals surface area contributed by atoms with Crippen LogP contribution < -0.4 is 0 Å². The molecule has 1 aliphatic heterocycles. The van der Waals surface area contributed by atoms with E-state index in [1.54, 1.807) is 0 Å². The van der Waals surface area contributed by atoms with Crippen LogP contribution in [-0.4, -0.2) is 23.9 Å². The molecule has 0 unspecified atom stereocenters. The summed E-state index contributed by atoms with van der Waals surface area (Å²) < 4.78 is 0. The minimum atomic E-state index is 0.145. The first-order chi connectivity index (χ1) is 8.29. The van der Waals surface area contributed by atoms with Crippen LogP contribution in [0.15, 0.2) is 35.4 Å². The van der Waals surface area contributed by atoms with Gasteiger partial charge in [0.2, 0.25) is 5.91 Å². The first-order valence-corrected chi connectivity index (χ1v) is 5.62. The number of azide groups is 1. The van der Waals surface area contributed by atoms with Crippen molar-refractivity contribution < 1.29 is 4.79 Å². The van der Waals surface area contributed by atoms with Gasteiger partial charge in [-0.3, -0.25) is 4.79 Å². The molecular weight excluding hydrogens is 216 g/mol. The Kier molecular flexibility index (Phi) is 3.62. The van der Waals surface area contributed by atoms with Crippen LogP contribution in [-0.2, 0) is 11.3 Å². The molecule has 1 aromatic carbocycles. The fourth-order valence-corrected chi connectivity index (χ4v) is 2.08. The molecule has 0 bridgehead atoms. The van der Waals surface area contributed by atoms with Crippen molar-refractivity contribution in [3.63, 3.8) is 0 Å². The first-order valence-electron chi connectivity index (χ1n) is 5.62. The lowest BCUT2D eigenvalue weighted by Crippen LogP contribution is -2.24. The maximum Gasteiger partial charge on any atom is 0.223 e. The van der Waals surface area contributed by atoms with Crippen LogP contribution in [0.5, 0.6) is 0 Å². The zero-order valence-electron chi connectivity index (χ0n) is 9.49. The molecule has 1 saturated heterocycles. The Bertz CT molecular complexity index is 439. The standard InChI is InChI=1S/C12H14N4O/c13-15-14-7-11-6-12(17)16(9-11)8-10-4-2-1-3-5-10/h1-5,11H,6-9H2/t11-/m1/s1. The van der Waals surface area contributed by atoms with E-state index in [2.05, 4.69) is 10.0 Å². The number of carbonyl (C=O) groups is 1. The molecule has 0 aromatic heterocycles. The van der Waals surface area contributed by atoms with Crippen LogP contribution in [0, 0.1) is 5.92 Å². The molecule has 1 atom stereocenters.